The minimum atomic E-state index is 0.315. The molecule has 150 valence electrons. The van der Waals surface area contributed by atoms with E-state index in [0.717, 1.165) is 29.9 Å². The Morgan fingerprint density at radius 2 is 1.12 bits per heavy atom. The van der Waals surface area contributed by atoms with Crippen LogP contribution in [0.25, 0.3) is 0 Å². The van der Waals surface area contributed by atoms with E-state index in [0.29, 0.717) is 6.10 Å². The summed E-state index contributed by atoms with van der Waals surface area (Å²) in [5, 5.41) is 0. The van der Waals surface area contributed by atoms with Crippen molar-refractivity contribution < 1.29 is 4.74 Å². The Balaban J connectivity index is 2.01. The number of hydrogen-bond acceptors (Lipinski definition) is 1. The standard InChI is InChI=1S/C25H44O/c1-6-21(2)13-10-14-22(3)15-11-16-23(4)17-12-18-24(5)26-25-19-8-7-9-20-25/h7-9,19-24H,6,10-18H2,1-5H3. The molecular formula is C25H44O. The molecule has 0 fully saturated rings. The Bertz CT molecular complexity index is 427. The van der Waals surface area contributed by atoms with E-state index < -0.39 is 0 Å². The van der Waals surface area contributed by atoms with Crippen LogP contribution in [0.3, 0.4) is 0 Å². The molecule has 26 heavy (non-hydrogen) atoms. The minimum absolute atomic E-state index is 0.315. The maximum absolute atomic E-state index is 5.97. The smallest absolute Gasteiger partial charge is 0.119 e. The second-order valence-corrected chi connectivity index (χ2v) is 8.76. The van der Waals surface area contributed by atoms with Gasteiger partial charge in [-0.25, -0.2) is 0 Å². The summed E-state index contributed by atoms with van der Waals surface area (Å²) in [7, 11) is 0. The molecule has 1 heteroatoms. The molecule has 1 aromatic carbocycles. The van der Waals surface area contributed by atoms with Gasteiger partial charge in [0.25, 0.3) is 0 Å². The summed E-state index contributed by atoms with van der Waals surface area (Å²) < 4.78 is 5.97. The molecule has 0 heterocycles. The van der Waals surface area contributed by atoms with E-state index in [-0.39, 0.29) is 0 Å². The molecule has 4 unspecified atom stereocenters. The lowest BCUT2D eigenvalue weighted by atomic mass is 9.91. The van der Waals surface area contributed by atoms with Gasteiger partial charge in [0, 0.05) is 0 Å². The van der Waals surface area contributed by atoms with Crippen molar-refractivity contribution in [2.24, 2.45) is 17.8 Å². The second kappa shape index (κ2) is 14.1. The zero-order valence-corrected chi connectivity index (χ0v) is 18.2. The van der Waals surface area contributed by atoms with Gasteiger partial charge in [0.15, 0.2) is 0 Å². The highest BCUT2D eigenvalue weighted by Gasteiger charge is 2.09. The predicted molar refractivity (Wildman–Crippen MR) is 116 cm³/mol. The molecule has 0 aliphatic carbocycles. The Labute approximate surface area is 163 Å². The highest BCUT2D eigenvalue weighted by Crippen LogP contribution is 2.22. The quantitative estimate of drug-likeness (QED) is 0.306. The summed E-state index contributed by atoms with van der Waals surface area (Å²) in [5.74, 6) is 3.67. The van der Waals surface area contributed by atoms with Gasteiger partial charge in [-0.1, -0.05) is 97.3 Å². The van der Waals surface area contributed by atoms with Crippen LogP contribution in [0, 0.1) is 17.8 Å². The lowest BCUT2D eigenvalue weighted by Gasteiger charge is -2.17. The Morgan fingerprint density at radius 3 is 1.62 bits per heavy atom. The number of rotatable bonds is 15. The van der Waals surface area contributed by atoms with E-state index in [1.807, 2.05) is 30.3 Å². The van der Waals surface area contributed by atoms with E-state index >= 15 is 0 Å². The summed E-state index contributed by atoms with van der Waals surface area (Å²) in [6.45, 7) is 11.8. The van der Waals surface area contributed by atoms with Crippen LogP contribution in [0.1, 0.15) is 98.8 Å². The van der Waals surface area contributed by atoms with Crippen LogP contribution in [0.15, 0.2) is 30.3 Å². The second-order valence-electron chi connectivity index (χ2n) is 8.76. The Morgan fingerprint density at radius 1 is 0.654 bits per heavy atom. The van der Waals surface area contributed by atoms with Gasteiger partial charge in [-0.15, -0.1) is 0 Å². The third-order valence-corrected chi connectivity index (χ3v) is 5.87. The average molecular weight is 361 g/mol. The molecule has 1 rings (SSSR count). The lowest BCUT2D eigenvalue weighted by molar-refractivity contribution is 0.203. The maximum atomic E-state index is 5.97. The van der Waals surface area contributed by atoms with E-state index in [1.54, 1.807) is 0 Å². The van der Waals surface area contributed by atoms with Gasteiger partial charge in [0.05, 0.1) is 6.10 Å². The number of para-hydroxylation sites is 1. The molecule has 1 aromatic rings. The monoisotopic (exact) mass is 360 g/mol. The number of hydrogen-bond donors (Lipinski definition) is 0. The Hall–Kier alpha value is -0.980. The number of ether oxygens (including phenoxy) is 1. The molecule has 0 aliphatic rings. The van der Waals surface area contributed by atoms with Crippen molar-refractivity contribution in [3.05, 3.63) is 30.3 Å². The van der Waals surface area contributed by atoms with Crippen molar-refractivity contribution in [1.82, 2.24) is 0 Å². The molecule has 1 nitrogen and oxygen atoms in total. The molecule has 0 saturated heterocycles. The largest absolute Gasteiger partial charge is 0.491 e. The van der Waals surface area contributed by atoms with Gasteiger partial charge < -0.3 is 4.74 Å². The van der Waals surface area contributed by atoms with Crippen molar-refractivity contribution in [3.63, 3.8) is 0 Å². The molecule has 0 aliphatic heterocycles. The van der Waals surface area contributed by atoms with Gasteiger partial charge in [0.2, 0.25) is 0 Å². The summed E-state index contributed by atoms with van der Waals surface area (Å²) in [5.41, 5.74) is 0. The Kier molecular flexibility index (Phi) is 12.5. The third-order valence-electron chi connectivity index (χ3n) is 5.87. The molecular weight excluding hydrogens is 316 g/mol. The van der Waals surface area contributed by atoms with Crippen LogP contribution in [0.4, 0.5) is 0 Å². The van der Waals surface area contributed by atoms with Crippen LogP contribution in [-0.4, -0.2) is 6.10 Å². The van der Waals surface area contributed by atoms with Crippen LogP contribution < -0.4 is 4.74 Å². The third kappa shape index (κ3) is 11.6. The molecule has 0 N–H and O–H groups in total. The molecule has 4 atom stereocenters. The van der Waals surface area contributed by atoms with E-state index in [4.69, 9.17) is 4.74 Å². The molecule has 0 spiro atoms. The van der Waals surface area contributed by atoms with Crippen LogP contribution >= 0.6 is 0 Å². The number of benzene rings is 1. The minimum Gasteiger partial charge on any atom is -0.491 e. The summed E-state index contributed by atoms with van der Waals surface area (Å²) >= 11 is 0. The van der Waals surface area contributed by atoms with Crippen molar-refractivity contribution in [2.75, 3.05) is 0 Å². The van der Waals surface area contributed by atoms with Crippen molar-refractivity contribution in [2.45, 2.75) is 105 Å². The van der Waals surface area contributed by atoms with Gasteiger partial charge in [0.1, 0.15) is 5.75 Å². The molecule has 0 saturated carbocycles. The highest BCUT2D eigenvalue weighted by molar-refractivity contribution is 5.21. The van der Waals surface area contributed by atoms with E-state index in [2.05, 4.69) is 34.6 Å². The molecule has 0 aromatic heterocycles. The van der Waals surface area contributed by atoms with Crippen molar-refractivity contribution in [1.29, 1.82) is 0 Å². The van der Waals surface area contributed by atoms with Gasteiger partial charge in [-0.3, -0.25) is 0 Å². The summed E-state index contributed by atoms with van der Waals surface area (Å²) in [4.78, 5) is 0. The first kappa shape index (κ1) is 23.1. The normalized spacial score (nSPS) is 16.0. The van der Waals surface area contributed by atoms with Crippen LogP contribution in [-0.2, 0) is 0 Å². The lowest BCUT2D eigenvalue weighted by Crippen LogP contribution is -2.12. The first-order valence-electron chi connectivity index (χ1n) is 11.2. The topological polar surface area (TPSA) is 9.23 Å². The predicted octanol–water partition coefficient (Wildman–Crippen LogP) is 8.28. The average Bonchev–Trinajstić information content (AvgIpc) is 2.62. The summed E-state index contributed by atoms with van der Waals surface area (Å²) in [6.07, 6.45) is 13.9. The molecule has 0 radical (unpaired) electrons. The molecule has 0 amide bonds. The first-order chi connectivity index (χ1) is 12.5. The fourth-order valence-electron chi connectivity index (χ4n) is 3.67. The fraction of sp³-hybridized carbons (Fsp3) is 0.760. The SMILES string of the molecule is CCC(C)CCCC(C)CCCC(C)CCCC(C)Oc1ccccc1. The highest BCUT2D eigenvalue weighted by atomic mass is 16.5. The molecule has 0 bridgehead atoms. The van der Waals surface area contributed by atoms with E-state index in [9.17, 15) is 0 Å². The van der Waals surface area contributed by atoms with Crippen LogP contribution in [0.2, 0.25) is 0 Å². The summed E-state index contributed by atoms with van der Waals surface area (Å²) in [6, 6.07) is 10.2. The van der Waals surface area contributed by atoms with Crippen molar-refractivity contribution in [3.8, 4) is 5.75 Å². The zero-order valence-electron chi connectivity index (χ0n) is 18.2. The van der Waals surface area contributed by atoms with Crippen LogP contribution in [0.5, 0.6) is 5.75 Å². The van der Waals surface area contributed by atoms with Crippen molar-refractivity contribution >= 4 is 0 Å². The van der Waals surface area contributed by atoms with Gasteiger partial charge in [-0.05, 0) is 49.7 Å². The maximum Gasteiger partial charge on any atom is 0.119 e. The van der Waals surface area contributed by atoms with E-state index in [1.165, 1.54) is 57.8 Å². The zero-order chi connectivity index (χ0) is 19.2. The fourth-order valence-corrected chi connectivity index (χ4v) is 3.67. The van der Waals surface area contributed by atoms with Gasteiger partial charge in [-0.2, -0.15) is 0 Å². The van der Waals surface area contributed by atoms with Gasteiger partial charge >= 0.3 is 0 Å². The first-order valence-corrected chi connectivity index (χ1v) is 11.2.